The fraction of sp³-hybridized carbons (Fsp3) is 0.500. The van der Waals surface area contributed by atoms with E-state index >= 15 is 0 Å². The highest BCUT2D eigenvalue weighted by Gasteiger charge is 2.52. The van der Waals surface area contributed by atoms with E-state index < -0.39 is 24.3 Å². The summed E-state index contributed by atoms with van der Waals surface area (Å²) in [6.45, 7) is 7.42. The predicted octanol–water partition coefficient (Wildman–Crippen LogP) is 2.53. The third-order valence-electron chi connectivity index (χ3n) is 4.37. The van der Waals surface area contributed by atoms with Crippen molar-refractivity contribution >= 4 is 30.8 Å². The molecule has 6 nitrogen and oxygen atoms in total. The molecule has 0 bridgehead atoms. The number of esters is 1. The van der Waals surface area contributed by atoms with Gasteiger partial charge in [0, 0.05) is 11.8 Å². The van der Waals surface area contributed by atoms with Gasteiger partial charge in [0.2, 0.25) is 0 Å². The van der Waals surface area contributed by atoms with Crippen LogP contribution < -0.4 is 0 Å². The second-order valence-electron chi connectivity index (χ2n) is 6.56. The van der Waals surface area contributed by atoms with Crippen LogP contribution in [0.3, 0.4) is 0 Å². The number of hydrogen-bond donors (Lipinski definition) is 1. The van der Waals surface area contributed by atoms with E-state index in [9.17, 15) is 9.90 Å². The molecule has 2 rings (SSSR count). The number of carbonyl (C=O) groups excluding carboxylic acids is 1. The lowest BCUT2D eigenvalue weighted by atomic mass is 9.77. The van der Waals surface area contributed by atoms with Crippen molar-refractivity contribution in [3.63, 3.8) is 0 Å². The summed E-state index contributed by atoms with van der Waals surface area (Å²) in [4.78, 5) is 15.6. The molecule has 24 heavy (non-hydrogen) atoms. The molecule has 1 fully saturated rings. The zero-order valence-corrected chi connectivity index (χ0v) is 15.2. The van der Waals surface area contributed by atoms with Crippen LogP contribution in [-0.4, -0.2) is 48.1 Å². The van der Waals surface area contributed by atoms with Gasteiger partial charge in [0.25, 0.3) is 0 Å². The van der Waals surface area contributed by atoms with Gasteiger partial charge in [-0.25, -0.2) is 9.78 Å². The number of hydrogen-bond acceptors (Lipinski definition) is 6. The molecule has 2 heterocycles. The number of ether oxygens (including phenoxy) is 1. The number of carbonyl (C=O) groups is 1. The van der Waals surface area contributed by atoms with Crippen LogP contribution in [0.4, 0.5) is 0 Å². The Morgan fingerprint density at radius 3 is 2.46 bits per heavy atom. The Kier molecular flexibility index (Phi) is 5.39. The van der Waals surface area contributed by atoms with E-state index in [4.69, 9.17) is 20.9 Å². The van der Waals surface area contributed by atoms with Crippen molar-refractivity contribution < 1.29 is 23.9 Å². The molecule has 0 aromatic carbocycles. The zero-order valence-electron chi connectivity index (χ0n) is 14.4. The quantitative estimate of drug-likeness (QED) is 0.509. The molecule has 0 aliphatic carbocycles. The molecule has 8 heteroatoms. The van der Waals surface area contributed by atoms with E-state index in [2.05, 4.69) is 9.72 Å². The third-order valence-corrected chi connectivity index (χ3v) is 4.68. The van der Waals surface area contributed by atoms with Crippen LogP contribution in [0.1, 0.15) is 43.6 Å². The molecule has 1 aliphatic rings. The summed E-state index contributed by atoms with van der Waals surface area (Å²) in [5.41, 5.74) is 0.168. The van der Waals surface area contributed by atoms with Gasteiger partial charge in [-0.15, -0.1) is 0 Å². The maximum Gasteiger partial charge on any atom is 0.492 e. The first kappa shape index (κ1) is 18.9. The largest absolute Gasteiger partial charge is 0.492 e. The number of aliphatic hydroxyl groups is 1. The van der Waals surface area contributed by atoms with Gasteiger partial charge in [0.15, 0.2) is 0 Å². The molecule has 1 aliphatic heterocycles. The number of rotatable bonds is 4. The van der Waals surface area contributed by atoms with Crippen LogP contribution in [0.2, 0.25) is 5.15 Å². The second-order valence-corrected chi connectivity index (χ2v) is 6.92. The molecule has 0 unspecified atom stereocenters. The molecular formula is C16H21BClNO5. The summed E-state index contributed by atoms with van der Waals surface area (Å²) >= 11 is 6.09. The average Bonchev–Trinajstić information content (AvgIpc) is 2.73. The van der Waals surface area contributed by atoms with Gasteiger partial charge < -0.3 is 19.2 Å². The van der Waals surface area contributed by atoms with Gasteiger partial charge in [-0.05, 0) is 39.2 Å². The van der Waals surface area contributed by atoms with Gasteiger partial charge in [-0.3, -0.25) is 0 Å². The molecule has 130 valence electrons. The van der Waals surface area contributed by atoms with Crippen LogP contribution >= 0.6 is 11.6 Å². The number of aromatic nitrogens is 1. The summed E-state index contributed by atoms with van der Waals surface area (Å²) in [6, 6.07) is 1.54. The van der Waals surface area contributed by atoms with Crippen molar-refractivity contribution in [3.8, 4) is 0 Å². The highest BCUT2D eigenvalue weighted by molar-refractivity contribution is 6.56. The molecule has 0 spiro atoms. The molecule has 1 aromatic heterocycles. The molecule has 0 amide bonds. The maximum atomic E-state index is 11.6. The molecule has 0 radical (unpaired) electrons. The van der Waals surface area contributed by atoms with Gasteiger partial charge in [-0.2, -0.15) is 0 Å². The molecular weight excluding hydrogens is 332 g/mol. The summed E-state index contributed by atoms with van der Waals surface area (Å²) in [7, 11) is 0.577. The van der Waals surface area contributed by atoms with Crippen LogP contribution in [0.25, 0.3) is 6.08 Å². The van der Waals surface area contributed by atoms with Crippen LogP contribution in [0.5, 0.6) is 0 Å². The highest BCUT2D eigenvalue weighted by atomic mass is 35.5. The van der Waals surface area contributed by atoms with Crippen molar-refractivity contribution in [1.29, 1.82) is 0 Å². The average molecular weight is 354 g/mol. The Morgan fingerprint density at radius 1 is 1.38 bits per heavy atom. The minimum absolute atomic E-state index is 0.199. The molecule has 0 atom stereocenters. The lowest BCUT2D eigenvalue weighted by Gasteiger charge is -2.32. The summed E-state index contributed by atoms with van der Waals surface area (Å²) < 4.78 is 16.5. The van der Waals surface area contributed by atoms with Gasteiger partial charge in [0.1, 0.15) is 5.15 Å². The number of pyridine rings is 1. The van der Waals surface area contributed by atoms with E-state index in [-0.39, 0.29) is 17.3 Å². The first-order valence-corrected chi connectivity index (χ1v) is 7.90. The Labute approximate surface area is 146 Å². The van der Waals surface area contributed by atoms with Crippen molar-refractivity contribution in [2.45, 2.75) is 38.9 Å². The molecule has 1 saturated heterocycles. The van der Waals surface area contributed by atoms with Crippen molar-refractivity contribution in [2.75, 3.05) is 13.7 Å². The number of nitrogens with zero attached hydrogens (tertiary/aromatic N) is 1. The van der Waals surface area contributed by atoms with Crippen molar-refractivity contribution in [3.05, 3.63) is 34.0 Å². The maximum absolute atomic E-state index is 11.6. The predicted molar refractivity (Wildman–Crippen MR) is 91.7 cm³/mol. The smallest absolute Gasteiger partial charge is 0.465 e. The lowest BCUT2D eigenvalue weighted by molar-refractivity contribution is 0.00578. The first-order chi connectivity index (χ1) is 11.1. The zero-order chi connectivity index (χ0) is 18.1. The van der Waals surface area contributed by atoms with E-state index in [1.807, 2.05) is 27.7 Å². The summed E-state index contributed by atoms with van der Waals surface area (Å²) in [5, 5.41) is 9.92. The monoisotopic (exact) mass is 353 g/mol. The van der Waals surface area contributed by atoms with Crippen LogP contribution in [-0.2, 0) is 14.0 Å². The van der Waals surface area contributed by atoms with Crippen molar-refractivity contribution in [1.82, 2.24) is 4.98 Å². The third kappa shape index (κ3) is 3.64. The number of aliphatic hydroxyl groups excluding tert-OH is 1. The van der Waals surface area contributed by atoms with Crippen LogP contribution in [0.15, 0.2) is 17.7 Å². The van der Waals surface area contributed by atoms with Crippen LogP contribution in [0, 0.1) is 0 Å². The van der Waals surface area contributed by atoms with Gasteiger partial charge in [0.05, 0.1) is 30.5 Å². The number of halogens is 1. The lowest BCUT2D eigenvalue weighted by Crippen LogP contribution is -2.41. The summed E-state index contributed by atoms with van der Waals surface area (Å²) in [6.07, 6.45) is 2.95. The molecule has 0 saturated carbocycles. The fourth-order valence-electron chi connectivity index (χ4n) is 2.18. The Morgan fingerprint density at radius 2 is 1.96 bits per heavy atom. The first-order valence-electron chi connectivity index (χ1n) is 7.52. The van der Waals surface area contributed by atoms with E-state index in [0.717, 1.165) is 0 Å². The normalized spacial score (nSPS) is 19.5. The van der Waals surface area contributed by atoms with E-state index in [0.29, 0.717) is 11.0 Å². The minimum Gasteiger partial charge on any atom is -0.465 e. The van der Waals surface area contributed by atoms with Gasteiger partial charge >= 0.3 is 13.1 Å². The summed E-state index contributed by atoms with van der Waals surface area (Å²) in [5.74, 6) is -0.519. The Balaban J connectivity index is 2.37. The van der Waals surface area contributed by atoms with Crippen molar-refractivity contribution in [2.24, 2.45) is 0 Å². The van der Waals surface area contributed by atoms with Gasteiger partial charge in [-0.1, -0.05) is 17.7 Å². The highest BCUT2D eigenvalue weighted by Crippen LogP contribution is 2.38. The minimum atomic E-state index is -0.710. The fourth-order valence-corrected chi connectivity index (χ4v) is 2.34. The Hall–Kier alpha value is -1.41. The van der Waals surface area contributed by atoms with E-state index in [1.54, 1.807) is 12.1 Å². The van der Waals surface area contributed by atoms with E-state index in [1.165, 1.54) is 13.3 Å². The topological polar surface area (TPSA) is 77.9 Å². The standard InChI is InChI=1S/C16H21BClNO5/c1-15(2)16(3,4)24-17(23-15)12(9-20)7-10-6-11(14(21)22-5)8-19-13(10)18/h6-8,20H,9H2,1-5H3. The molecule has 1 aromatic rings. The Bertz CT molecular complexity index is 658. The molecule has 1 N–H and O–H groups in total. The second kappa shape index (κ2) is 6.84. The SMILES string of the molecule is COC(=O)c1cnc(Cl)c(C=C(CO)B2OC(C)(C)C(C)(C)O2)c1. The number of methoxy groups -OCH3 is 1.